The van der Waals surface area contributed by atoms with E-state index >= 15 is 0 Å². The lowest BCUT2D eigenvalue weighted by atomic mass is 9.85. The number of benzene rings is 2. The Balaban J connectivity index is 1.66. The molecule has 0 saturated heterocycles. The monoisotopic (exact) mass is 445 g/mol. The van der Waals surface area contributed by atoms with E-state index in [1.807, 2.05) is 40.6 Å². The van der Waals surface area contributed by atoms with Gasteiger partial charge in [-0.2, -0.15) is 0 Å². The second-order valence-corrected chi connectivity index (χ2v) is 12.7. The average Bonchev–Trinajstić information content (AvgIpc) is 3.40. The maximum atomic E-state index is 4.90. The fourth-order valence-electron chi connectivity index (χ4n) is 4.69. The van der Waals surface area contributed by atoms with Gasteiger partial charge in [-0.1, -0.05) is 27.7 Å². The van der Waals surface area contributed by atoms with Crippen LogP contribution in [0.4, 0.5) is 0 Å². The van der Waals surface area contributed by atoms with Crippen LogP contribution in [-0.2, 0) is 11.8 Å². The Bertz CT molecular complexity index is 1450. The smallest absolute Gasteiger partial charge is 0.0880 e. The Morgan fingerprint density at radius 3 is 2.73 bits per heavy atom. The van der Waals surface area contributed by atoms with E-state index in [1.165, 1.54) is 51.8 Å². The molecule has 1 unspecified atom stereocenters. The van der Waals surface area contributed by atoms with Crippen molar-refractivity contribution in [2.45, 2.75) is 49.7 Å². The standard InChI is InChI=1S/C26H23NS3/c1-14-11-18-20(29-14)5-6-21-22(18)17-7-9-27-23(25(17)30-21)16-12-15-8-10-28-24(15)19(13-16)26(2,3)4/h5-10,12-14H,11H2,1-4H3. The van der Waals surface area contributed by atoms with Gasteiger partial charge in [0.2, 0.25) is 0 Å². The van der Waals surface area contributed by atoms with Gasteiger partial charge < -0.3 is 0 Å². The van der Waals surface area contributed by atoms with E-state index in [0.717, 1.165) is 12.1 Å². The van der Waals surface area contributed by atoms with Crippen LogP contribution in [0.25, 0.3) is 41.5 Å². The molecule has 0 amide bonds. The molecular formula is C26H23NS3. The predicted octanol–water partition coefficient (Wildman–Crippen LogP) is 8.67. The molecule has 30 heavy (non-hydrogen) atoms. The third-order valence-corrected chi connectivity index (χ3v) is 9.42. The Morgan fingerprint density at radius 1 is 1.03 bits per heavy atom. The van der Waals surface area contributed by atoms with Crippen LogP contribution < -0.4 is 0 Å². The number of fused-ring (bicyclic) bond motifs is 6. The van der Waals surface area contributed by atoms with Gasteiger partial charge in [-0.05, 0) is 70.1 Å². The molecule has 4 heteroatoms. The Labute approximate surface area is 189 Å². The summed E-state index contributed by atoms with van der Waals surface area (Å²) in [6, 6.07) is 13.8. The minimum atomic E-state index is 0.0986. The summed E-state index contributed by atoms with van der Waals surface area (Å²) in [4.78, 5) is 6.36. The number of rotatable bonds is 1. The zero-order valence-electron chi connectivity index (χ0n) is 17.6. The molecule has 1 aliphatic heterocycles. The molecule has 3 aromatic heterocycles. The number of thiophene rings is 2. The lowest BCUT2D eigenvalue weighted by molar-refractivity contribution is 0.597. The maximum absolute atomic E-state index is 4.90. The summed E-state index contributed by atoms with van der Waals surface area (Å²) in [5.41, 5.74) is 5.41. The van der Waals surface area contributed by atoms with Gasteiger partial charge in [-0.15, -0.1) is 34.4 Å². The van der Waals surface area contributed by atoms with Crippen LogP contribution in [0.3, 0.4) is 0 Å². The summed E-state index contributed by atoms with van der Waals surface area (Å²) in [5, 5.41) is 7.03. The third kappa shape index (κ3) is 2.77. The molecule has 1 aliphatic rings. The average molecular weight is 446 g/mol. The summed E-state index contributed by atoms with van der Waals surface area (Å²) < 4.78 is 4.11. The number of hydrogen-bond acceptors (Lipinski definition) is 4. The normalized spacial score (nSPS) is 16.7. The van der Waals surface area contributed by atoms with Crippen molar-refractivity contribution in [3.05, 3.63) is 59.1 Å². The maximum Gasteiger partial charge on any atom is 0.0880 e. The Morgan fingerprint density at radius 2 is 1.90 bits per heavy atom. The highest BCUT2D eigenvalue weighted by atomic mass is 32.2. The van der Waals surface area contributed by atoms with Crippen LogP contribution in [-0.4, -0.2) is 10.2 Å². The van der Waals surface area contributed by atoms with Gasteiger partial charge in [-0.3, -0.25) is 4.98 Å². The van der Waals surface area contributed by atoms with Crippen molar-refractivity contribution in [2.75, 3.05) is 0 Å². The van der Waals surface area contributed by atoms with E-state index in [0.29, 0.717) is 5.25 Å². The van der Waals surface area contributed by atoms with Gasteiger partial charge in [-0.25, -0.2) is 0 Å². The Kier molecular flexibility index (Phi) is 4.12. The van der Waals surface area contributed by atoms with E-state index in [2.05, 4.69) is 69.5 Å². The minimum absolute atomic E-state index is 0.0986. The highest BCUT2D eigenvalue weighted by Crippen LogP contribution is 2.47. The molecule has 0 aliphatic carbocycles. The summed E-state index contributed by atoms with van der Waals surface area (Å²) in [5.74, 6) is 0. The van der Waals surface area contributed by atoms with Gasteiger partial charge in [0.1, 0.15) is 0 Å². The molecule has 1 atom stereocenters. The SMILES string of the molecule is CC1Cc2c(ccc3sc4c(-c5cc(C(C)(C)C)c6sccc6c5)nccc4c23)S1. The van der Waals surface area contributed by atoms with Gasteiger partial charge in [0, 0.05) is 42.1 Å². The number of hydrogen-bond donors (Lipinski definition) is 0. The van der Waals surface area contributed by atoms with E-state index in [4.69, 9.17) is 4.98 Å². The zero-order valence-corrected chi connectivity index (χ0v) is 20.0. The largest absolute Gasteiger partial charge is 0.255 e. The van der Waals surface area contributed by atoms with Gasteiger partial charge >= 0.3 is 0 Å². The van der Waals surface area contributed by atoms with Crippen molar-refractivity contribution in [2.24, 2.45) is 0 Å². The first-order valence-corrected chi connectivity index (χ1v) is 13.0. The lowest BCUT2D eigenvalue weighted by Gasteiger charge is -2.21. The third-order valence-electron chi connectivity index (χ3n) is 6.07. The topological polar surface area (TPSA) is 12.9 Å². The molecule has 4 heterocycles. The molecule has 0 fully saturated rings. The van der Waals surface area contributed by atoms with Crippen molar-refractivity contribution in [3.8, 4) is 11.3 Å². The molecule has 5 aromatic rings. The highest BCUT2D eigenvalue weighted by molar-refractivity contribution is 8.00. The fourth-order valence-corrected chi connectivity index (χ4v) is 8.19. The molecule has 0 spiro atoms. The first kappa shape index (κ1) is 18.9. The molecule has 1 nitrogen and oxygen atoms in total. The predicted molar refractivity (Wildman–Crippen MR) is 136 cm³/mol. The number of nitrogens with zero attached hydrogens (tertiary/aromatic N) is 1. The van der Waals surface area contributed by atoms with Crippen LogP contribution in [0.5, 0.6) is 0 Å². The quantitative estimate of drug-likeness (QED) is 0.256. The highest BCUT2D eigenvalue weighted by Gasteiger charge is 2.24. The van der Waals surface area contributed by atoms with E-state index in [1.54, 1.807) is 0 Å². The number of thioether (sulfide) groups is 1. The molecule has 0 bridgehead atoms. The molecule has 0 N–H and O–H groups in total. The van der Waals surface area contributed by atoms with Gasteiger partial charge in [0.05, 0.1) is 10.4 Å². The fraction of sp³-hybridized carbons (Fsp3) is 0.269. The summed E-state index contributed by atoms with van der Waals surface area (Å²) >= 11 is 5.76. The van der Waals surface area contributed by atoms with Crippen molar-refractivity contribution in [1.29, 1.82) is 0 Å². The molecule has 0 saturated carbocycles. The minimum Gasteiger partial charge on any atom is -0.255 e. The Hall–Kier alpha value is -1.88. The molecule has 0 radical (unpaired) electrons. The van der Waals surface area contributed by atoms with Gasteiger partial charge in [0.15, 0.2) is 0 Å². The first-order chi connectivity index (χ1) is 14.4. The van der Waals surface area contributed by atoms with Gasteiger partial charge in [0.25, 0.3) is 0 Å². The van der Waals surface area contributed by atoms with Crippen molar-refractivity contribution in [1.82, 2.24) is 4.98 Å². The molecule has 150 valence electrons. The molecule has 2 aromatic carbocycles. The summed E-state index contributed by atoms with van der Waals surface area (Å²) in [7, 11) is 0. The van der Waals surface area contributed by atoms with Crippen molar-refractivity contribution < 1.29 is 0 Å². The zero-order chi connectivity index (χ0) is 20.6. The van der Waals surface area contributed by atoms with Crippen LogP contribution in [0.1, 0.15) is 38.8 Å². The lowest BCUT2D eigenvalue weighted by Crippen LogP contribution is -2.11. The van der Waals surface area contributed by atoms with Crippen molar-refractivity contribution in [3.63, 3.8) is 0 Å². The summed E-state index contributed by atoms with van der Waals surface area (Å²) in [6.07, 6.45) is 3.17. The van der Waals surface area contributed by atoms with Crippen LogP contribution >= 0.6 is 34.4 Å². The van der Waals surface area contributed by atoms with E-state index in [9.17, 15) is 0 Å². The second-order valence-electron chi connectivity index (χ2n) is 9.30. The molecule has 6 rings (SSSR count). The van der Waals surface area contributed by atoms with Crippen LogP contribution in [0.2, 0.25) is 0 Å². The second kappa shape index (κ2) is 6.56. The molecular weight excluding hydrogens is 422 g/mol. The van der Waals surface area contributed by atoms with E-state index in [-0.39, 0.29) is 5.41 Å². The van der Waals surface area contributed by atoms with Crippen LogP contribution in [0.15, 0.2) is 52.9 Å². The van der Waals surface area contributed by atoms with E-state index < -0.39 is 0 Å². The number of pyridine rings is 1. The first-order valence-electron chi connectivity index (χ1n) is 10.4. The summed E-state index contributed by atoms with van der Waals surface area (Å²) in [6.45, 7) is 9.25. The number of aromatic nitrogens is 1. The van der Waals surface area contributed by atoms with Crippen LogP contribution in [0, 0.1) is 0 Å². The van der Waals surface area contributed by atoms with Crippen molar-refractivity contribution >= 4 is 64.7 Å².